The smallest absolute Gasteiger partial charge is 0.237 e. The standard InChI is InChI=1S/C18H16ClN3OS2/c1-11-5-7-13(8-6-11)15-10-24-18(22-15)25-12(2)17(23)21-14-4-3-9-20-16(14)19/h3-10,12H,1-2H3,(H,21,23)/t12-/m0/s1. The number of thiazole rings is 1. The Kier molecular flexibility index (Phi) is 5.73. The molecule has 0 unspecified atom stereocenters. The maximum Gasteiger partial charge on any atom is 0.237 e. The van der Waals surface area contributed by atoms with Crippen LogP contribution in [0.5, 0.6) is 0 Å². The quantitative estimate of drug-likeness (QED) is 0.476. The molecule has 0 bridgehead atoms. The van der Waals surface area contributed by atoms with Gasteiger partial charge in [-0.3, -0.25) is 4.79 Å². The summed E-state index contributed by atoms with van der Waals surface area (Å²) in [6.07, 6.45) is 1.58. The van der Waals surface area contributed by atoms with Crippen LogP contribution in [0.25, 0.3) is 11.3 Å². The first kappa shape index (κ1) is 17.9. The first-order chi connectivity index (χ1) is 12.0. The highest BCUT2D eigenvalue weighted by atomic mass is 35.5. The van der Waals surface area contributed by atoms with Crippen molar-refractivity contribution in [1.82, 2.24) is 9.97 Å². The molecule has 2 heterocycles. The van der Waals surface area contributed by atoms with E-state index in [0.717, 1.165) is 15.6 Å². The number of nitrogens with one attached hydrogen (secondary N) is 1. The fourth-order valence-corrected chi connectivity index (χ4v) is 4.22. The Balaban J connectivity index is 1.65. The van der Waals surface area contributed by atoms with Crippen LogP contribution in [0.3, 0.4) is 0 Å². The third kappa shape index (κ3) is 4.60. The number of halogens is 1. The minimum absolute atomic E-state index is 0.132. The summed E-state index contributed by atoms with van der Waals surface area (Å²) >= 11 is 8.94. The van der Waals surface area contributed by atoms with Crippen molar-refractivity contribution in [2.45, 2.75) is 23.4 Å². The van der Waals surface area contributed by atoms with E-state index in [0.29, 0.717) is 5.69 Å². The number of carbonyl (C=O) groups excluding carboxylic acids is 1. The van der Waals surface area contributed by atoms with Crippen LogP contribution >= 0.6 is 34.7 Å². The number of hydrogen-bond acceptors (Lipinski definition) is 5. The summed E-state index contributed by atoms with van der Waals surface area (Å²) < 4.78 is 0.857. The fourth-order valence-electron chi connectivity index (χ4n) is 2.09. The van der Waals surface area contributed by atoms with Gasteiger partial charge in [-0.15, -0.1) is 11.3 Å². The zero-order valence-electron chi connectivity index (χ0n) is 13.7. The first-order valence-corrected chi connectivity index (χ1v) is 9.77. The molecule has 4 nitrogen and oxygen atoms in total. The Hall–Kier alpha value is -1.89. The second kappa shape index (κ2) is 7.99. The Labute approximate surface area is 159 Å². The lowest BCUT2D eigenvalue weighted by atomic mass is 10.1. The topological polar surface area (TPSA) is 54.9 Å². The van der Waals surface area contributed by atoms with E-state index in [1.165, 1.54) is 28.7 Å². The predicted octanol–water partition coefficient (Wildman–Crippen LogP) is 5.29. The normalized spacial score (nSPS) is 12.0. The number of benzene rings is 1. The summed E-state index contributed by atoms with van der Waals surface area (Å²) in [5, 5.41) is 4.79. The summed E-state index contributed by atoms with van der Waals surface area (Å²) in [6, 6.07) is 11.7. The Bertz CT molecular complexity index is 880. The molecule has 0 saturated heterocycles. The number of hydrogen-bond donors (Lipinski definition) is 1. The van der Waals surface area contributed by atoms with Gasteiger partial charge < -0.3 is 5.32 Å². The second-order valence-corrected chi connectivity index (χ2v) is 8.26. The van der Waals surface area contributed by atoms with Gasteiger partial charge in [0.25, 0.3) is 0 Å². The molecule has 3 aromatic rings. The van der Waals surface area contributed by atoms with Gasteiger partial charge in [-0.25, -0.2) is 9.97 Å². The Morgan fingerprint density at radius 1 is 1.28 bits per heavy atom. The van der Waals surface area contributed by atoms with E-state index in [9.17, 15) is 4.79 Å². The van der Waals surface area contributed by atoms with Gasteiger partial charge >= 0.3 is 0 Å². The van der Waals surface area contributed by atoms with E-state index in [-0.39, 0.29) is 16.3 Å². The molecule has 0 radical (unpaired) electrons. The van der Waals surface area contributed by atoms with Gasteiger partial charge in [0.1, 0.15) is 0 Å². The van der Waals surface area contributed by atoms with E-state index >= 15 is 0 Å². The third-order valence-corrected chi connectivity index (χ3v) is 5.87. The maximum absolute atomic E-state index is 12.3. The van der Waals surface area contributed by atoms with Crippen LogP contribution in [-0.4, -0.2) is 21.1 Å². The molecule has 25 heavy (non-hydrogen) atoms. The van der Waals surface area contributed by atoms with E-state index in [1.807, 2.05) is 12.3 Å². The fraction of sp³-hybridized carbons (Fsp3) is 0.167. The lowest BCUT2D eigenvalue weighted by Gasteiger charge is -2.11. The number of carbonyl (C=O) groups is 1. The summed E-state index contributed by atoms with van der Waals surface area (Å²) in [5.74, 6) is -0.132. The highest BCUT2D eigenvalue weighted by Crippen LogP contribution is 2.31. The number of aryl methyl sites for hydroxylation is 1. The Morgan fingerprint density at radius 3 is 2.76 bits per heavy atom. The van der Waals surface area contributed by atoms with Gasteiger partial charge in [0.15, 0.2) is 9.49 Å². The molecular formula is C18H16ClN3OS2. The third-order valence-electron chi connectivity index (χ3n) is 3.49. The molecule has 1 aromatic carbocycles. The highest BCUT2D eigenvalue weighted by molar-refractivity contribution is 8.02. The molecule has 1 N–H and O–H groups in total. The number of rotatable bonds is 5. The number of thioether (sulfide) groups is 1. The molecule has 1 amide bonds. The summed E-state index contributed by atoms with van der Waals surface area (Å²) in [7, 11) is 0. The molecule has 128 valence electrons. The summed E-state index contributed by atoms with van der Waals surface area (Å²) in [4.78, 5) is 20.9. The molecule has 3 rings (SSSR count). The molecule has 0 aliphatic carbocycles. The lowest BCUT2D eigenvalue weighted by Crippen LogP contribution is -2.22. The zero-order valence-corrected chi connectivity index (χ0v) is 16.1. The first-order valence-electron chi connectivity index (χ1n) is 7.63. The zero-order chi connectivity index (χ0) is 17.8. The molecule has 0 spiro atoms. The van der Waals surface area contributed by atoms with Gasteiger partial charge in [0.05, 0.1) is 16.6 Å². The van der Waals surface area contributed by atoms with Crippen LogP contribution in [0.2, 0.25) is 5.15 Å². The van der Waals surface area contributed by atoms with Crippen LogP contribution in [0.15, 0.2) is 52.3 Å². The molecule has 0 aliphatic rings. The van der Waals surface area contributed by atoms with E-state index in [1.54, 1.807) is 18.3 Å². The number of aromatic nitrogens is 2. The number of amides is 1. The average Bonchev–Trinajstić information content (AvgIpc) is 3.06. The Morgan fingerprint density at radius 2 is 2.04 bits per heavy atom. The van der Waals surface area contributed by atoms with Crippen LogP contribution in [-0.2, 0) is 4.79 Å². The van der Waals surface area contributed by atoms with Crippen molar-refractivity contribution in [2.75, 3.05) is 5.32 Å². The number of nitrogens with zero attached hydrogens (tertiary/aromatic N) is 2. The van der Waals surface area contributed by atoms with Crippen molar-refractivity contribution in [1.29, 1.82) is 0 Å². The van der Waals surface area contributed by atoms with Crippen LogP contribution in [0, 0.1) is 6.92 Å². The summed E-state index contributed by atoms with van der Waals surface area (Å²) in [5.41, 5.74) is 3.73. The van der Waals surface area contributed by atoms with Gasteiger partial charge in [-0.05, 0) is 26.0 Å². The maximum atomic E-state index is 12.3. The van der Waals surface area contributed by atoms with Crippen LogP contribution in [0.1, 0.15) is 12.5 Å². The molecule has 0 fully saturated rings. The van der Waals surface area contributed by atoms with Crippen molar-refractivity contribution < 1.29 is 4.79 Å². The largest absolute Gasteiger partial charge is 0.322 e. The molecule has 7 heteroatoms. The number of pyridine rings is 1. The summed E-state index contributed by atoms with van der Waals surface area (Å²) in [6.45, 7) is 3.90. The van der Waals surface area contributed by atoms with E-state index in [2.05, 4.69) is 46.5 Å². The average molecular weight is 390 g/mol. The molecular weight excluding hydrogens is 374 g/mol. The predicted molar refractivity (Wildman–Crippen MR) is 105 cm³/mol. The SMILES string of the molecule is Cc1ccc(-c2csc(S[C@@H](C)C(=O)Nc3cccnc3Cl)n2)cc1. The second-order valence-electron chi connectivity index (χ2n) is 5.46. The van der Waals surface area contributed by atoms with Crippen molar-refractivity contribution in [2.24, 2.45) is 0 Å². The van der Waals surface area contributed by atoms with Gasteiger partial charge in [0.2, 0.25) is 5.91 Å². The minimum Gasteiger partial charge on any atom is -0.322 e. The number of anilines is 1. The molecule has 0 saturated carbocycles. The monoisotopic (exact) mass is 389 g/mol. The highest BCUT2D eigenvalue weighted by Gasteiger charge is 2.18. The molecule has 0 aliphatic heterocycles. The van der Waals surface area contributed by atoms with Crippen LogP contribution < -0.4 is 5.32 Å². The lowest BCUT2D eigenvalue weighted by molar-refractivity contribution is -0.115. The van der Waals surface area contributed by atoms with Gasteiger partial charge in [0, 0.05) is 17.1 Å². The van der Waals surface area contributed by atoms with E-state index < -0.39 is 0 Å². The van der Waals surface area contributed by atoms with E-state index in [4.69, 9.17) is 11.6 Å². The van der Waals surface area contributed by atoms with Crippen molar-refractivity contribution in [3.8, 4) is 11.3 Å². The van der Waals surface area contributed by atoms with Crippen molar-refractivity contribution in [3.63, 3.8) is 0 Å². The van der Waals surface area contributed by atoms with Crippen molar-refractivity contribution >= 4 is 46.3 Å². The van der Waals surface area contributed by atoms with Crippen LogP contribution in [0.4, 0.5) is 5.69 Å². The van der Waals surface area contributed by atoms with Gasteiger partial charge in [-0.1, -0.05) is 53.2 Å². The molecule has 2 aromatic heterocycles. The van der Waals surface area contributed by atoms with Gasteiger partial charge in [-0.2, -0.15) is 0 Å². The minimum atomic E-state index is -0.298. The van der Waals surface area contributed by atoms with Crippen molar-refractivity contribution in [3.05, 3.63) is 58.7 Å². The molecule has 1 atom stereocenters.